The van der Waals surface area contributed by atoms with E-state index in [0.29, 0.717) is 91.8 Å². The second kappa shape index (κ2) is 18.0. The number of nitrogens with zero attached hydrogens (tertiary/aromatic N) is 12. The normalized spacial score (nSPS) is 11.9. The first-order valence-corrected chi connectivity index (χ1v) is 26.0. The van der Waals surface area contributed by atoms with Gasteiger partial charge in [0.05, 0.1) is 0 Å². The number of benzene rings is 8. The molecule has 16 nitrogen and oxygen atoms in total. The quantitative estimate of drug-likeness (QED) is 0.104. The molecule has 0 saturated heterocycles. The summed E-state index contributed by atoms with van der Waals surface area (Å²) in [5.74, 6) is 4.78. The van der Waals surface area contributed by atoms with Crippen LogP contribution < -0.4 is 0 Å². The molecule has 0 amide bonds. The molecule has 4 aliphatic rings. The van der Waals surface area contributed by atoms with Crippen LogP contribution in [-0.4, -0.2) is 79.7 Å². The van der Waals surface area contributed by atoms with E-state index in [1.807, 2.05) is 194 Å². The molecule has 0 unspecified atom stereocenters. The van der Waals surface area contributed by atoms with E-state index in [2.05, 4.69) is 19.9 Å². The molecule has 0 fully saturated rings. The van der Waals surface area contributed by atoms with E-state index in [-0.39, 0.29) is 17.1 Å². The zero-order valence-corrected chi connectivity index (χ0v) is 43.1. The first-order valence-electron chi connectivity index (χ1n) is 26.0. The molecule has 0 saturated carbocycles. The van der Waals surface area contributed by atoms with Gasteiger partial charge in [-0.1, -0.05) is 194 Å². The summed E-state index contributed by atoms with van der Waals surface area (Å²) in [6.07, 6.45) is 0. The van der Waals surface area contributed by atoms with Crippen molar-refractivity contribution in [3.8, 4) is 91.1 Å². The summed E-state index contributed by atoms with van der Waals surface area (Å²) in [6, 6.07) is 64.5. The summed E-state index contributed by atoms with van der Waals surface area (Å²) >= 11 is 0. The summed E-state index contributed by atoms with van der Waals surface area (Å²) in [5, 5.41) is 7.64. The Labute approximate surface area is 467 Å². The fourth-order valence-corrected chi connectivity index (χ4v) is 11.2. The Balaban J connectivity index is 0.000000132. The maximum Gasteiger partial charge on any atom is 0.164 e. The van der Waals surface area contributed by atoms with Crippen molar-refractivity contribution in [2.24, 2.45) is 0 Å². The molecule has 383 valence electrons. The van der Waals surface area contributed by atoms with E-state index in [9.17, 15) is 0 Å². The van der Waals surface area contributed by atoms with Crippen molar-refractivity contribution in [1.29, 1.82) is 0 Å². The van der Waals surface area contributed by atoms with E-state index >= 15 is 0 Å². The van der Waals surface area contributed by atoms with Crippen molar-refractivity contribution in [1.82, 2.24) is 79.7 Å². The van der Waals surface area contributed by atoms with Crippen LogP contribution in [0.1, 0.15) is 0 Å². The van der Waals surface area contributed by atoms with Crippen LogP contribution in [0.5, 0.6) is 0 Å². The van der Waals surface area contributed by atoms with Gasteiger partial charge in [-0.05, 0) is 0 Å². The number of H-pyrrole nitrogens is 4. The van der Waals surface area contributed by atoms with Gasteiger partial charge in [-0.15, -0.1) is 0 Å². The van der Waals surface area contributed by atoms with Gasteiger partial charge in [-0.2, -0.15) is 0 Å². The third-order valence-corrected chi connectivity index (χ3v) is 14.9. The number of hydrogen-bond acceptors (Lipinski definition) is 12. The van der Waals surface area contributed by atoms with E-state index < -0.39 is 0 Å². The summed E-state index contributed by atoms with van der Waals surface area (Å²) in [4.78, 5) is 73.5. The molecule has 6 aromatic heterocycles. The summed E-state index contributed by atoms with van der Waals surface area (Å²) in [5.41, 5.74) is 12.9. The van der Waals surface area contributed by atoms with Gasteiger partial charge in [0, 0.05) is 105 Å². The fourth-order valence-electron chi connectivity index (χ4n) is 11.2. The van der Waals surface area contributed by atoms with Gasteiger partial charge in [0.15, 0.2) is 46.6 Å². The molecule has 14 aromatic rings. The Bertz CT molecular complexity index is 4390. The SMILES string of the molecule is [Cu].c1ccc2c(c1)-c1nc-2nc2[nH]c(nc3nc(nc4[nH]c(n1)c1ccccc41)-c1ccccc1-3)c1ccccc21.c1ccc2c(c1)-c1nc-2nc2[nH]c(nc3nc(nc4[nH]c(n1)c1ccccc41)-c1ccccc1-3)c1ccccc21. The van der Waals surface area contributed by atoms with E-state index in [0.717, 1.165) is 87.6 Å². The minimum Gasteiger partial charge on any atom is -0.324 e. The Morgan fingerprint density at radius 3 is 0.420 bits per heavy atom. The summed E-state index contributed by atoms with van der Waals surface area (Å²) < 4.78 is 0. The number of rotatable bonds is 0. The Kier molecular flexibility index (Phi) is 10.3. The third kappa shape index (κ3) is 7.37. The molecule has 4 aliphatic heterocycles. The first-order chi connectivity index (χ1) is 39.6. The maximum atomic E-state index is 5.02. The fraction of sp³-hybridized carbons (Fsp3) is 0. The molecule has 10 heterocycles. The van der Waals surface area contributed by atoms with Gasteiger partial charge in [0.25, 0.3) is 0 Å². The third-order valence-electron chi connectivity index (χ3n) is 14.9. The Hall–Kier alpha value is -11.0. The van der Waals surface area contributed by atoms with Gasteiger partial charge in [-0.3, -0.25) is 0 Å². The molecule has 16 bridgehead atoms. The largest absolute Gasteiger partial charge is 0.324 e. The van der Waals surface area contributed by atoms with E-state index in [4.69, 9.17) is 59.8 Å². The van der Waals surface area contributed by atoms with Crippen LogP contribution >= 0.6 is 0 Å². The molecule has 18 rings (SSSR count). The number of aromatic nitrogens is 16. The van der Waals surface area contributed by atoms with Crippen molar-refractivity contribution in [3.05, 3.63) is 194 Å². The van der Waals surface area contributed by atoms with Crippen LogP contribution in [0.4, 0.5) is 0 Å². The molecule has 0 atom stereocenters. The van der Waals surface area contributed by atoms with E-state index in [1.54, 1.807) is 0 Å². The van der Waals surface area contributed by atoms with Crippen molar-refractivity contribution in [3.63, 3.8) is 0 Å². The van der Waals surface area contributed by atoms with Gasteiger partial charge in [0.1, 0.15) is 45.2 Å². The molecule has 4 N–H and O–H groups in total. The second-order valence-corrected chi connectivity index (χ2v) is 19.6. The summed E-state index contributed by atoms with van der Waals surface area (Å²) in [7, 11) is 0. The van der Waals surface area contributed by atoms with E-state index in [1.165, 1.54) is 0 Å². The van der Waals surface area contributed by atoms with Crippen LogP contribution in [-0.2, 0) is 17.1 Å². The smallest absolute Gasteiger partial charge is 0.164 e. The molecule has 81 heavy (non-hydrogen) atoms. The number of nitrogens with one attached hydrogen (secondary N) is 4. The molecular formula is C64H36CuN16. The van der Waals surface area contributed by atoms with Crippen molar-refractivity contribution in [2.45, 2.75) is 0 Å². The zero-order valence-electron chi connectivity index (χ0n) is 42.1. The number of hydrogen-bond donors (Lipinski definition) is 4. The maximum absolute atomic E-state index is 5.02. The van der Waals surface area contributed by atoms with Gasteiger partial charge in [0.2, 0.25) is 0 Å². The topological polar surface area (TPSA) is 218 Å². The first kappa shape index (κ1) is 46.1. The van der Waals surface area contributed by atoms with Gasteiger partial charge < -0.3 is 19.9 Å². The summed E-state index contributed by atoms with van der Waals surface area (Å²) in [6.45, 7) is 0. The monoisotopic (exact) mass is 1090 g/mol. The molecular weight excluding hydrogens is 1060 g/mol. The van der Waals surface area contributed by atoms with Crippen molar-refractivity contribution < 1.29 is 17.1 Å². The van der Waals surface area contributed by atoms with Crippen molar-refractivity contribution >= 4 is 88.3 Å². The number of fused-ring (bicyclic) bond motifs is 40. The van der Waals surface area contributed by atoms with Crippen LogP contribution in [0.15, 0.2) is 194 Å². The number of aromatic amines is 4. The molecule has 0 spiro atoms. The predicted octanol–water partition coefficient (Wildman–Crippen LogP) is 13.7. The Morgan fingerprint density at radius 2 is 0.284 bits per heavy atom. The van der Waals surface area contributed by atoms with Crippen LogP contribution in [0.25, 0.3) is 179 Å². The van der Waals surface area contributed by atoms with Crippen LogP contribution in [0, 0.1) is 0 Å². The molecule has 17 heteroatoms. The molecule has 8 aromatic carbocycles. The van der Waals surface area contributed by atoms with Crippen LogP contribution in [0.3, 0.4) is 0 Å². The zero-order chi connectivity index (χ0) is 52.4. The van der Waals surface area contributed by atoms with Gasteiger partial charge >= 0.3 is 0 Å². The average molecular weight is 1090 g/mol. The molecule has 1 radical (unpaired) electrons. The predicted molar refractivity (Wildman–Crippen MR) is 312 cm³/mol. The Morgan fingerprint density at radius 1 is 0.160 bits per heavy atom. The molecule has 0 aliphatic carbocycles. The minimum atomic E-state index is 0. The van der Waals surface area contributed by atoms with Crippen LogP contribution in [0.2, 0.25) is 0 Å². The van der Waals surface area contributed by atoms with Gasteiger partial charge in [-0.25, -0.2) is 59.8 Å². The second-order valence-electron chi connectivity index (χ2n) is 19.6. The van der Waals surface area contributed by atoms with Crippen molar-refractivity contribution in [2.75, 3.05) is 0 Å². The standard InChI is InChI=1S/2C32H18N8.Cu/c2*1-2-10-18-17(9-1)25-33-26(18)38-28-21-13-5-6-14-22(21)30(35-28)40-32-24-16-8-7-15-23(24)31(36-32)39-29-20-12-4-3-11-19(20)27(34-29)37-25;/h2*1-16H,(H2,33,34,35,36,37,38,39,40);. The average Bonchev–Trinajstić information content (AvgIpc) is 4.53. The minimum absolute atomic E-state index is 0.